The molecule has 5 rings (SSSR count). The molecule has 1 saturated carbocycles. The fourth-order valence-electron chi connectivity index (χ4n) is 7.27. The second kappa shape index (κ2) is 9.62. The lowest BCUT2D eigenvalue weighted by atomic mass is 9.57. The molecule has 0 spiro atoms. The third-order valence-electron chi connectivity index (χ3n) is 9.06. The summed E-state index contributed by atoms with van der Waals surface area (Å²) in [4.78, 5) is 43.0. The monoisotopic (exact) mass is 559 g/mol. The van der Waals surface area contributed by atoms with E-state index < -0.39 is 58.0 Å². The highest BCUT2D eigenvalue weighted by Gasteiger charge is 2.64. The molecule has 0 aromatic heterocycles. The van der Waals surface area contributed by atoms with Crippen molar-refractivity contribution in [2.24, 2.45) is 17.6 Å². The fourth-order valence-corrected chi connectivity index (χ4v) is 7.63. The molecule has 39 heavy (non-hydrogen) atoms. The number of carbonyl (C=O) groups is 3. The Morgan fingerprint density at radius 1 is 1.23 bits per heavy atom. The topological polar surface area (TPSA) is 165 Å². The van der Waals surface area contributed by atoms with Gasteiger partial charge in [0, 0.05) is 22.6 Å². The first-order valence-electron chi connectivity index (χ1n) is 13.3. The van der Waals surface area contributed by atoms with E-state index in [0.29, 0.717) is 10.6 Å². The number of nitrogens with zero attached hydrogens (tertiary/aromatic N) is 2. The van der Waals surface area contributed by atoms with Gasteiger partial charge in [-0.05, 0) is 76.0 Å². The van der Waals surface area contributed by atoms with E-state index in [2.05, 4.69) is 11.8 Å². The predicted octanol–water partition coefficient (Wildman–Crippen LogP) is 2.16. The van der Waals surface area contributed by atoms with Gasteiger partial charge in [-0.2, -0.15) is 0 Å². The predicted molar refractivity (Wildman–Crippen MR) is 143 cm³/mol. The summed E-state index contributed by atoms with van der Waals surface area (Å²) >= 11 is 6.96. The molecular weight excluding hydrogens is 526 g/mol. The van der Waals surface area contributed by atoms with Gasteiger partial charge in [-0.25, -0.2) is 0 Å². The number of fused-ring (bicyclic) bond motifs is 3. The Kier molecular flexibility index (Phi) is 6.82. The number of halogens is 1. The average Bonchev–Trinajstić information content (AvgIpc) is 2.87. The number of phenolic OH excluding ortho intramolecular Hbond substituents is 1. The minimum atomic E-state index is -2.66. The van der Waals surface area contributed by atoms with E-state index >= 15 is 0 Å². The van der Waals surface area contributed by atoms with Crippen molar-refractivity contribution in [3.8, 4) is 5.75 Å². The second-order valence-electron chi connectivity index (χ2n) is 11.3. The lowest BCUT2D eigenvalue weighted by Crippen LogP contribution is -2.65. The third-order valence-corrected chi connectivity index (χ3v) is 9.51. The molecule has 1 unspecified atom stereocenters. The van der Waals surface area contributed by atoms with E-state index in [0.717, 1.165) is 37.9 Å². The van der Waals surface area contributed by atoms with Crippen LogP contribution >= 0.6 is 11.6 Å². The highest BCUT2D eigenvalue weighted by atomic mass is 35.5. The number of likely N-dealkylation sites (tertiary alicyclic amines) is 1. The molecule has 1 aromatic carbocycles. The average molecular weight is 560 g/mol. The molecule has 1 saturated heterocycles. The quantitative estimate of drug-likeness (QED) is 0.348. The van der Waals surface area contributed by atoms with Crippen molar-refractivity contribution >= 4 is 34.8 Å². The molecule has 0 radical (unpaired) electrons. The molecule has 4 aliphatic rings. The van der Waals surface area contributed by atoms with Crippen LogP contribution < -0.4 is 5.73 Å². The Labute approximate surface area is 231 Å². The molecule has 1 heterocycles. The number of primary amides is 1. The summed E-state index contributed by atoms with van der Waals surface area (Å²) < 4.78 is 0. The lowest BCUT2D eigenvalue weighted by Gasteiger charge is -2.50. The van der Waals surface area contributed by atoms with Gasteiger partial charge >= 0.3 is 0 Å². The number of amides is 1. The Morgan fingerprint density at radius 3 is 2.54 bits per heavy atom. The molecule has 0 bridgehead atoms. The third kappa shape index (κ3) is 3.83. The number of aliphatic hydroxyl groups is 3. The van der Waals surface area contributed by atoms with Gasteiger partial charge in [0.1, 0.15) is 22.8 Å². The van der Waals surface area contributed by atoms with Crippen LogP contribution in [-0.2, 0) is 20.8 Å². The summed E-state index contributed by atoms with van der Waals surface area (Å²) in [6.07, 6.45) is 3.17. The summed E-state index contributed by atoms with van der Waals surface area (Å²) in [6.45, 7) is 3.79. The maximum atomic E-state index is 13.9. The number of hydrogen-bond acceptors (Lipinski definition) is 9. The number of hydrogen-bond donors (Lipinski definition) is 5. The number of carbonyl (C=O) groups excluding carboxylic acids is 3. The summed E-state index contributed by atoms with van der Waals surface area (Å²) in [7, 11) is 3.14. The molecule has 6 N–H and O–H groups in total. The van der Waals surface area contributed by atoms with Crippen LogP contribution in [0.25, 0.3) is 5.76 Å². The van der Waals surface area contributed by atoms with E-state index in [1.165, 1.54) is 11.0 Å². The first kappa shape index (κ1) is 27.6. The van der Waals surface area contributed by atoms with Crippen molar-refractivity contribution < 1.29 is 34.8 Å². The minimum absolute atomic E-state index is 0.00133. The summed E-state index contributed by atoms with van der Waals surface area (Å²) in [5, 5.41) is 45.5. The zero-order chi connectivity index (χ0) is 28.5. The smallest absolute Gasteiger partial charge is 0.255 e. The normalized spacial score (nSPS) is 31.3. The Bertz CT molecular complexity index is 1350. The van der Waals surface area contributed by atoms with E-state index in [4.69, 9.17) is 17.3 Å². The number of Topliss-reactive ketones (excluding diaryl/α,β-unsaturated/α-hetero) is 2. The summed E-state index contributed by atoms with van der Waals surface area (Å²) in [5.74, 6) is -6.74. The number of benzene rings is 1. The molecule has 1 aromatic rings. The zero-order valence-electron chi connectivity index (χ0n) is 22.2. The standard InChI is InChI=1S/C28H34ClN3O7/c1-4-32-8-6-5-7-16(32)13-11-17(33)19-14(21(13)29)9-12-10-15-22(31(2)3)24(35)20(27(30)38)26(37)28(15,39)25(36)18(12)23(19)34/h11-12,15-16,22,33-34,37,39H,4-10H2,1-3H3,(H2,30,38)/t12-,15-,16?,22-,28-/m0/s1. The largest absolute Gasteiger partial charge is 0.508 e. The fraction of sp³-hybridized carbons (Fsp3) is 0.536. The van der Waals surface area contributed by atoms with Crippen molar-refractivity contribution in [3.05, 3.63) is 44.7 Å². The van der Waals surface area contributed by atoms with Crippen LogP contribution in [0.4, 0.5) is 0 Å². The minimum Gasteiger partial charge on any atom is -0.508 e. The van der Waals surface area contributed by atoms with E-state index in [1.54, 1.807) is 14.1 Å². The summed E-state index contributed by atoms with van der Waals surface area (Å²) in [6, 6.07) is 0.408. The Hall–Kier alpha value is -2.92. The van der Waals surface area contributed by atoms with Crippen LogP contribution in [0.3, 0.4) is 0 Å². The van der Waals surface area contributed by atoms with Crippen molar-refractivity contribution in [1.29, 1.82) is 0 Å². The SMILES string of the molecule is CCN1CCCCC1c1cc(O)c2c(c1Cl)C[C@H]1C[C@H]3[C@H](N(C)C)C(=O)C(C(N)=O)=C(O)[C@@]3(O)C(=O)C1=C2O. The van der Waals surface area contributed by atoms with Gasteiger partial charge in [0.2, 0.25) is 5.78 Å². The van der Waals surface area contributed by atoms with Crippen LogP contribution in [0.15, 0.2) is 23.0 Å². The number of piperidine rings is 1. The number of phenols is 1. The van der Waals surface area contributed by atoms with Crippen molar-refractivity contribution in [3.63, 3.8) is 0 Å². The maximum Gasteiger partial charge on any atom is 0.255 e. The lowest BCUT2D eigenvalue weighted by molar-refractivity contribution is -0.153. The highest BCUT2D eigenvalue weighted by Crippen LogP contribution is 2.54. The Balaban J connectivity index is 1.68. The molecule has 1 aliphatic heterocycles. The van der Waals surface area contributed by atoms with Gasteiger partial charge < -0.3 is 26.2 Å². The van der Waals surface area contributed by atoms with Crippen LogP contribution in [0.2, 0.25) is 5.02 Å². The molecule has 5 atom stereocenters. The molecule has 1 amide bonds. The second-order valence-corrected chi connectivity index (χ2v) is 11.6. The van der Waals surface area contributed by atoms with Crippen molar-refractivity contribution in [1.82, 2.24) is 9.80 Å². The molecule has 3 aliphatic carbocycles. The highest BCUT2D eigenvalue weighted by molar-refractivity contribution is 6.33. The first-order valence-corrected chi connectivity index (χ1v) is 13.7. The van der Waals surface area contributed by atoms with Gasteiger partial charge in [-0.1, -0.05) is 24.9 Å². The van der Waals surface area contributed by atoms with E-state index in [9.17, 15) is 34.8 Å². The van der Waals surface area contributed by atoms with E-state index in [1.807, 2.05) is 0 Å². The number of aromatic hydroxyl groups is 1. The molecular formula is C28H34ClN3O7. The van der Waals surface area contributed by atoms with Crippen molar-refractivity contribution in [2.75, 3.05) is 27.2 Å². The van der Waals surface area contributed by atoms with Gasteiger partial charge in [0.25, 0.3) is 5.91 Å². The van der Waals surface area contributed by atoms with Crippen LogP contribution in [0.1, 0.15) is 55.3 Å². The van der Waals surface area contributed by atoms with Crippen molar-refractivity contribution in [2.45, 2.75) is 56.7 Å². The van der Waals surface area contributed by atoms with Gasteiger partial charge in [0.15, 0.2) is 11.4 Å². The molecule has 210 valence electrons. The number of rotatable bonds is 4. The van der Waals surface area contributed by atoms with E-state index in [-0.39, 0.29) is 35.8 Å². The first-order chi connectivity index (χ1) is 18.4. The van der Waals surface area contributed by atoms with Gasteiger partial charge in [-0.15, -0.1) is 0 Å². The van der Waals surface area contributed by atoms with Gasteiger partial charge in [0.05, 0.1) is 11.6 Å². The number of likely N-dealkylation sites (N-methyl/N-ethyl adjacent to an activating group) is 1. The molecule has 11 heteroatoms. The van der Waals surface area contributed by atoms with Crippen LogP contribution in [0, 0.1) is 11.8 Å². The maximum absolute atomic E-state index is 13.9. The van der Waals surface area contributed by atoms with Gasteiger partial charge in [-0.3, -0.25) is 24.2 Å². The molecule has 2 fully saturated rings. The summed E-state index contributed by atoms with van der Waals surface area (Å²) in [5.41, 5.74) is 2.95. The number of ketones is 2. The van der Waals surface area contributed by atoms with Crippen LogP contribution in [-0.4, -0.2) is 86.5 Å². The number of nitrogens with two attached hydrogens (primary N) is 1. The Morgan fingerprint density at radius 2 is 1.92 bits per heavy atom. The number of aliphatic hydroxyl groups excluding tert-OH is 2. The zero-order valence-corrected chi connectivity index (χ0v) is 23.0. The molecule has 10 nitrogen and oxygen atoms in total. The van der Waals surface area contributed by atoms with Crippen LogP contribution in [0.5, 0.6) is 5.75 Å².